The molecule has 132 valence electrons. The van der Waals surface area contributed by atoms with E-state index in [9.17, 15) is 18.0 Å². The molecule has 5 nitrogen and oxygen atoms in total. The first-order valence-corrected chi connectivity index (χ1v) is 8.10. The average Bonchev–Trinajstić information content (AvgIpc) is 3.05. The fourth-order valence-corrected chi connectivity index (χ4v) is 3.11. The number of aromatic nitrogens is 1. The fourth-order valence-electron chi connectivity index (χ4n) is 3.11. The van der Waals surface area contributed by atoms with Gasteiger partial charge in [-0.1, -0.05) is 0 Å². The Kier molecular flexibility index (Phi) is 4.93. The summed E-state index contributed by atoms with van der Waals surface area (Å²) in [5, 5.41) is 3.02. The smallest absolute Gasteiger partial charge is 0.381 e. The van der Waals surface area contributed by atoms with E-state index in [1.807, 2.05) is 0 Å². The molecule has 2 saturated heterocycles. The van der Waals surface area contributed by atoms with Gasteiger partial charge < -0.3 is 15.0 Å². The summed E-state index contributed by atoms with van der Waals surface area (Å²) in [6, 6.07) is 2.13. The molecule has 8 heteroatoms. The van der Waals surface area contributed by atoms with Crippen LogP contribution >= 0.6 is 0 Å². The minimum atomic E-state index is -4.39. The van der Waals surface area contributed by atoms with Gasteiger partial charge in [-0.15, -0.1) is 0 Å². The van der Waals surface area contributed by atoms with Crippen LogP contribution in [0.5, 0.6) is 0 Å². The number of hydrogen-bond donors (Lipinski definition) is 1. The van der Waals surface area contributed by atoms with E-state index in [2.05, 4.69) is 10.3 Å². The lowest BCUT2D eigenvalue weighted by molar-refractivity contribution is -0.137. The lowest BCUT2D eigenvalue weighted by Gasteiger charge is -2.24. The normalized spacial score (nSPS) is 22.6. The number of amides is 1. The number of nitrogens with zero attached hydrogens (tertiary/aromatic N) is 2. The lowest BCUT2D eigenvalue weighted by Crippen LogP contribution is -2.42. The first kappa shape index (κ1) is 17.0. The second-order valence-corrected chi connectivity index (χ2v) is 6.23. The maximum Gasteiger partial charge on any atom is 0.416 e. The Hall–Kier alpha value is -1.83. The van der Waals surface area contributed by atoms with Crippen molar-refractivity contribution in [2.45, 2.75) is 31.5 Å². The molecule has 24 heavy (non-hydrogen) atoms. The van der Waals surface area contributed by atoms with Crippen LogP contribution in [0.2, 0.25) is 0 Å². The number of anilines is 1. The number of ether oxygens (including phenoxy) is 1. The number of rotatable bonds is 3. The maximum atomic E-state index is 12.8. The predicted molar refractivity (Wildman–Crippen MR) is 81.5 cm³/mol. The highest BCUT2D eigenvalue weighted by Crippen LogP contribution is 2.32. The highest BCUT2D eigenvalue weighted by Gasteiger charge is 2.34. The van der Waals surface area contributed by atoms with Gasteiger partial charge in [-0.3, -0.25) is 4.79 Å². The molecule has 1 aromatic heterocycles. The van der Waals surface area contributed by atoms with E-state index >= 15 is 0 Å². The molecule has 0 saturated carbocycles. The number of halogens is 3. The van der Waals surface area contributed by atoms with Gasteiger partial charge in [0.2, 0.25) is 5.91 Å². The molecule has 1 N–H and O–H groups in total. The minimum absolute atomic E-state index is 0.0311. The van der Waals surface area contributed by atoms with Crippen molar-refractivity contribution in [2.75, 3.05) is 31.2 Å². The summed E-state index contributed by atoms with van der Waals surface area (Å²) in [5.74, 6) is 0.0201. The SMILES string of the molecule is O=C(NC1CCOCC1)C1CCN(c2cc(C(F)(F)F)ccn2)C1. The van der Waals surface area contributed by atoms with Crippen molar-refractivity contribution < 1.29 is 22.7 Å². The third kappa shape index (κ3) is 3.98. The molecule has 1 aromatic rings. The zero-order chi connectivity index (χ0) is 17.2. The van der Waals surface area contributed by atoms with Crippen LogP contribution < -0.4 is 10.2 Å². The molecule has 3 rings (SSSR count). The van der Waals surface area contributed by atoms with Crippen LogP contribution in [0.15, 0.2) is 18.3 Å². The molecule has 3 heterocycles. The molecule has 1 atom stereocenters. The van der Waals surface area contributed by atoms with Crippen LogP contribution in [0.1, 0.15) is 24.8 Å². The minimum Gasteiger partial charge on any atom is -0.381 e. The van der Waals surface area contributed by atoms with Gasteiger partial charge in [-0.25, -0.2) is 4.98 Å². The summed E-state index contributed by atoms with van der Waals surface area (Å²) in [6.07, 6.45) is -1.01. The Morgan fingerprint density at radius 3 is 2.75 bits per heavy atom. The van der Waals surface area contributed by atoms with Gasteiger partial charge >= 0.3 is 6.18 Å². The van der Waals surface area contributed by atoms with Crippen molar-refractivity contribution in [1.29, 1.82) is 0 Å². The van der Waals surface area contributed by atoms with E-state index in [0.29, 0.717) is 32.7 Å². The van der Waals surface area contributed by atoms with Crippen molar-refractivity contribution in [3.05, 3.63) is 23.9 Å². The zero-order valence-electron chi connectivity index (χ0n) is 13.2. The summed E-state index contributed by atoms with van der Waals surface area (Å²) in [6.45, 7) is 2.22. The average molecular weight is 343 g/mol. The Bertz CT molecular complexity index is 588. The number of nitrogens with one attached hydrogen (secondary N) is 1. The van der Waals surface area contributed by atoms with Crippen LogP contribution in [-0.4, -0.2) is 43.2 Å². The molecule has 0 radical (unpaired) electrons. The van der Waals surface area contributed by atoms with Crippen molar-refractivity contribution in [2.24, 2.45) is 5.92 Å². The van der Waals surface area contributed by atoms with E-state index in [1.165, 1.54) is 0 Å². The summed E-state index contributed by atoms with van der Waals surface area (Å²) in [4.78, 5) is 18.1. The van der Waals surface area contributed by atoms with Crippen molar-refractivity contribution in [1.82, 2.24) is 10.3 Å². The van der Waals surface area contributed by atoms with Crippen molar-refractivity contribution >= 4 is 11.7 Å². The third-order valence-electron chi connectivity index (χ3n) is 4.52. The number of pyridine rings is 1. The molecular weight excluding hydrogens is 323 g/mol. The van der Waals surface area contributed by atoms with Gasteiger partial charge in [-0.2, -0.15) is 13.2 Å². The van der Waals surface area contributed by atoms with Gasteiger partial charge in [0, 0.05) is 38.5 Å². The number of hydrogen-bond acceptors (Lipinski definition) is 4. The maximum absolute atomic E-state index is 12.8. The highest BCUT2D eigenvalue weighted by molar-refractivity contribution is 5.80. The summed E-state index contributed by atoms with van der Waals surface area (Å²) >= 11 is 0. The van der Waals surface area contributed by atoms with E-state index in [-0.39, 0.29) is 23.7 Å². The monoisotopic (exact) mass is 343 g/mol. The Morgan fingerprint density at radius 2 is 2.04 bits per heavy atom. The van der Waals surface area contributed by atoms with Crippen molar-refractivity contribution in [3.8, 4) is 0 Å². The molecule has 1 amide bonds. The molecule has 2 fully saturated rings. The van der Waals surface area contributed by atoms with Crippen LogP contribution in [0.25, 0.3) is 0 Å². The second kappa shape index (κ2) is 6.96. The molecule has 2 aliphatic heterocycles. The van der Waals surface area contributed by atoms with Crippen LogP contribution in [-0.2, 0) is 15.7 Å². The molecule has 0 aliphatic carbocycles. The number of carbonyl (C=O) groups is 1. The van der Waals surface area contributed by atoms with Gasteiger partial charge in [0.05, 0.1) is 11.5 Å². The zero-order valence-corrected chi connectivity index (χ0v) is 13.2. The molecular formula is C16H20F3N3O2. The summed E-state index contributed by atoms with van der Waals surface area (Å²) < 4.78 is 43.7. The first-order chi connectivity index (χ1) is 11.4. The Balaban J connectivity index is 1.59. The summed E-state index contributed by atoms with van der Waals surface area (Å²) in [7, 11) is 0. The Labute approximate surface area is 138 Å². The molecule has 0 bridgehead atoms. The molecule has 0 spiro atoms. The number of carbonyl (C=O) groups excluding carboxylic acids is 1. The number of alkyl halides is 3. The molecule has 1 unspecified atom stereocenters. The quantitative estimate of drug-likeness (QED) is 0.914. The van der Waals surface area contributed by atoms with Crippen molar-refractivity contribution in [3.63, 3.8) is 0 Å². The highest BCUT2D eigenvalue weighted by atomic mass is 19.4. The topological polar surface area (TPSA) is 54.5 Å². The standard InChI is InChI=1S/C16H20F3N3O2/c17-16(18,19)12-1-5-20-14(9-12)22-6-2-11(10-22)15(23)21-13-3-7-24-8-4-13/h1,5,9,11,13H,2-4,6-8,10H2,(H,21,23). The summed E-state index contributed by atoms with van der Waals surface area (Å²) in [5.41, 5.74) is -0.720. The van der Waals surface area contributed by atoms with Crippen LogP contribution in [0.3, 0.4) is 0 Å². The predicted octanol–water partition coefficient (Wildman–Crippen LogP) is 2.22. The van der Waals surface area contributed by atoms with Crippen LogP contribution in [0, 0.1) is 5.92 Å². The van der Waals surface area contributed by atoms with E-state index in [4.69, 9.17) is 4.74 Å². The fraction of sp³-hybridized carbons (Fsp3) is 0.625. The second-order valence-electron chi connectivity index (χ2n) is 6.23. The van der Waals surface area contributed by atoms with Gasteiger partial charge in [-0.05, 0) is 31.4 Å². The van der Waals surface area contributed by atoms with Crippen LogP contribution in [0.4, 0.5) is 19.0 Å². The third-order valence-corrected chi connectivity index (χ3v) is 4.52. The van der Waals surface area contributed by atoms with E-state index < -0.39 is 11.7 Å². The first-order valence-electron chi connectivity index (χ1n) is 8.10. The largest absolute Gasteiger partial charge is 0.416 e. The van der Waals surface area contributed by atoms with Gasteiger partial charge in [0.1, 0.15) is 5.82 Å². The van der Waals surface area contributed by atoms with E-state index in [1.54, 1.807) is 4.90 Å². The van der Waals surface area contributed by atoms with E-state index in [0.717, 1.165) is 31.2 Å². The van der Waals surface area contributed by atoms with Gasteiger partial charge in [0.15, 0.2) is 0 Å². The lowest BCUT2D eigenvalue weighted by atomic mass is 10.1. The molecule has 0 aromatic carbocycles. The Morgan fingerprint density at radius 1 is 1.29 bits per heavy atom. The van der Waals surface area contributed by atoms with Gasteiger partial charge in [0.25, 0.3) is 0 Å². The molecule has 2 aliphatic rings.